The molecule has 0 aliphatic heterocycles. The van der Waals surface area contributed by atoms with Gasteiger partial charge in [-0.3, -0.25) is 4.79 Å². The number of sulfonamides is 1. The minimum Gasteiger partial charge on any atom is -0.497 e. The summed E-state index contributed by atoms with van der Waals surface area (Å²) in [7, 11) is 0.997. The van der Waals surface area contributed by atoms with Gasteiger partial charge in [-0.2, -0.15) is 0 Å². The number of methoxy groups -OCH3 is 1. The van der Waals surface area contributed by atoms with Gasteiger partial charge in [-0.25, -0.2) is 12.7 Å². The van der Waals surface area contributed by atoms with E-state index in [9.17, 15) is 13.2 Å². The zero-order valence-electron chi connectivity index (χ0n) is 18.7. The van der Waals surface area contributed by atoms with E-state index in [0.29, 0.717) is 5.69 Å². The normalized spacial score (nSPS) is 12.7. The molecular weight excluding hydrogens is 412 g/mol. The number of rotatable bonds is 6. The van der Waals surface area contributed by atoms with E-state index in [1.54, 1.807) is 13.2 Å². The maximum atomic E-state index is 13.0. The van der Waals surface area contributed by atoms with Crippen molar-refractivity contribution < 1.29 is 17.9 Å². The van der Waals surface area contributed by atoms with Crippen LogP contribution in [0.3, 0.4) is 0 Å². The molecule has 3 aromatic rings. The molecule has 1 amide bonds. The van der Waals surface area contributed by atoms with Crippen LogP contribution in [0.2, 0.25) is 0 Å². The van der Waals surface area contributed by atoms with Gasteiger partial charge >= 0.3 is 0 Å². The molecule has 164 valence electrons. The van der Waals surface area contributed by atoms with Crippen LogP contribution in [-0.4, -0.2) is 39.8 Å². The molecule has 1 N–H and O–H groups in total. The number of carbonyl (C=O) groups is 1. The molecule has 6 nitrogen and oxygen atoms in total. The molecule has 7 heteroatoms. The lowest BCUT2D eigenvalue weighted by molar-refractivity contribution is -0.117. The Kier molecular flexibility index (Phi) is 6.38. The highest BCUT2D eigenvalue weighted by atomic mass is 32.2. The van der Waals surface area contributed by atoms with Crippen molar-refractivity contribution in [3.63, 3.8) is 0 Å². The van der Waals surface area contributed by atoms with Crippen molar-refractivity contribution in [1.82, 2.24) is 4.31 Å². The fourth-order valence-corrected chi connectivity index (χ4v) is 4.36. The van der Waals surface area contributed by atoms with E-state index in [-0.39, 0.29) is 10.8 Å². The zero-order chi connectivity index (χ0) is 22.9. The Balaban J connectivity index is 1.90. The molecule has 3 rings (SSSR count). The third-order valence-electron chi connectivity index (χ3n) is 5.64. The van der Waals surface area contributed by atoms with Crippen molar-refractivity contribution >= 4 is 32.4 Å². The van der Waals surface area contributed by atoms with Crippen molar-refractivity contribution in [2.75, 3.05) is 26.5 Å². The Bertz CT molecular complexity index is 1250. The second kappa shape index (κ2) is 8.69. The number of carbonyl (C=O) groups excluding carboxylic acids is 1. The van der Waals surface area contributed by atoms with E-state index in [2.05, 4.69) is 5.32 Å². The van der Waals surface area contributed by atoms with Crippen LogP contribution in [0, 0.1) is 13.8 Å². The number of nitrogens with one attached hydrogen (secondary N) is 1. The molecular formula is C24H28N2O4S. The smallest absolute Gasteiger partial charge is 0.242 e. The second-order valence-corrected chi connectivity index (χ2v) is 10.0. The summed E-state index contributed by atoms with van der Waals surface area (Å²) in [6.07, 6.45) is 0. The van der Waals surface area contributed by atoms with Gasteiger partial charge in [0.05, 0.1) is 17.9 Å². The number of aryl methyl sites for hydroxylation is 1. The van der Waals surface area contributed by atoms with Crippen molar-refractivity contribution in [3.05, 3.63) is 65.2 Å². The van der Waals surface area contributed by atoms with Gasteiger partial charge in [0.1, 0.15) is 5.75 Å². The maximum absolute atomic E-state index is 13.0. The summed E-state index contributed by atoms with van der Waals surface area (Å²) in [5, 5.41) is 4.97. The number of hydrogen-bond donors (Lipinski definition) is 1. The molecule has 0 aliphatic carbocycles. The maximum Gasteiger partial charge on any atom is 0.242 e. The van der Waals surface area contributed by atoms with Gasteiger partial charge in [0.15, 0.2) is 0 Å². The number of hydrogen-bond acceptors (Lipinski definition) is 4. The summed E-state index contributed by atoms with van der Waals surface area (Å²) < 4.78 is 31.6. The van der Waals surface area contributed by atoms with Gasteiger partial charge < -0.3 is 10.1 Å². The third-order valence-corrected chi connectivity index (χ3v) is 7.43. The second-order valence-electron chi connectivity index (χ2n) is 7.88. The molecule has 0 spiro atoms. The van der Waals surface area contributed by atoms with Crippen LogP contribution < -0.4 is 10.1 Å². The summed E-state index contributed by atoms with van der Waals surface area (Å²) in [6.45, 7) is 5.54. The minimum absolute atomic E-state index is 0.156. The minimum atomic E-state index is -3.61. The van der Waals surface area contributed by atoms with E-state index in [1.165, 1.54) is 20.2 Å². The fourth-order valence-electron chi connectivity index (χ4n) is 3.35. The standard InChI is InChI=1S/C24H28N2O4S/c1-15-11-22(31(28,29)26(4)5)14-23(16(15)2)25-24(27)17(3)18-7-8-20-13-21(30-6)10-9-19(20)12-18/h7-14,17H,1-6H3,(H,25,27)/t17-/m0/s1. The molecule has 0 heterocycles. The van der Waals surface area contributed by atoms with Crippen LogP contribution >= 0.6 is 0 Å². The number of nitrogens with zero attached hydrogens (tertiary/aromatic N) is 1. The highest BCUT2D eigenvalue weighted by Gasteiger charge is 2.22. The SMILES string of the molecule is COc1ccc2cc([C@H](C)C(=O)Nc3cc(S(=O)(=O)N(C)C)cc(C)c3C)ccc2c1. The summed E-state index contributed by atoms with van der Waals surface area (Å²) in [4.78, 5) is 13.2. The molecule has 0 aliphatic rings. The van der Waals surface area contributed by atoms with Crippen molar-refractivity contribution in [1.29, 1.82) is 0 Å². The van der Waals surface area contributed by atoms with Crippen LogP contribution in [-0.2, 0) is 14.8 Å². The Morgan fingerprint density at radius 1 is 1.00 bits per heavy atom. The van der Waals surface area contributed by atoms with Crippen LogP contribution in [0.5, 0.6) is 5.75 Å². The number of benzene rings is 3. The van der Waals surface area contributed by atoms with Crippen molar-refractivity contribution in [2.24, 2.45) is 0 Å². The topological polar surface area (TPSA) is 75.7 Å². The monoisotopic (exact) mass is 440 g/mol. The van der Waals surface area contributed by atoms with Crippen LogP contribution in [0.15, 0.2) is 53.4 Å². The van der Waals surface area contributed by atoms with Gasteiger partial charge in [0.2, 0.25) is 15.9 Å². The van der Waals surface area contributed by atoms with Gasteiger partial charge in [0, 0.05) is 19.8 Å². The predicted molar refractivity (Wildman–Crippen MR) is 124 cm³/mol. The first-order valence-electron chi connectivity index (χ1n) is 9.97. The van der Waals surface area contributed by atoms with Crippen LogP contribution in [0.25, 0.3) is 10.8 Å². The molecule has 0 saturated carbocycles. The summed E-state index contributed by atoms with van der Waals surface area (Å²) >= 11 is 0. The van der Waals surface area contributed by atoms with Gasteiger partial charge in [-0.15, -0.1) is 0 Å². The molecule has 0 radical (unpaired) electrons. The predicted octanol–water partition coefficient (Wildman–Crippen LogP) is 4.46. The highest BCUT2D eigenvalue weighted by molar-refractivity contribution is 7.89. The molecule has 1 atom stereocenters. The Hall–Kier alpha value is -2.90. The van der Waals surface area contributed by atoms with E-state index in [4.69, 9.17) is 4.74 Å². The molecule has 0 unspecified atom stereocenters. The summed E-state index contributed by atoms with van der Waals surface area (Å²) in [6, 6.07) is 14.8. The quantitative estimate of drug-likeness (QED) is 0.614. The number of fused-ring (bicyclic) bond motifs is 1. The fraction of sp³-hybridized carbons (Fsp3) is 0.292. The lowest BCUT2D eigenvalue weighted by atomic mass is 9.96. The lowest BCUT2D eigenvalue weighted by Gasteiger charge is -2.18. The Labute approximate surface area is 183 Å². The Morgan fingerprint density at radius 2 is 1.65 bits per heavy atom. The summed E-state index contributed by atoms with van der Waals surface area (Å²) in [5.41, 5.74) is 3.01. The van der Waals surface area contributed by atoms with E-state index in [0.717, 1.165) is 37.5 Å². The molecule has 3 aromatic carbocycles. The zero-order valence-corrected chi connectivity index (χ0v) is 19.5. The van der Waals surface area contributed by atoms with Gasteiger partial charge in [-0.1, -0.05) is 24.3 Å². The largest absolute Gasteiger partial charge is 0.497 e. The highest BCUT2D eigenvalue weighted by Crippen LogP contribution is 2.29. The number of amides is 1. The first-order chi connectivity index (χ1) is 14.5. The number of ether oxygens (including phenoxy) is 1. The number of anilines is 1. The lowest BCUT2D eigenvalue weighted by Crippen LogP contribution is -2.23. The van der Waals surface area contributed by atoms with Gasteiger partial charge in [0.25, 0.3) is 0 Å². The molecule has 31 heavy (non-hydrogen) atoms. The first kappa shape index (κ1) is 22.8. The van der Waals surface area contributed by atoms with E-state index >= 15 is 0 Å². The average Bonchev–Trinajstić information content (AvgIpc) is 2.75. The van der Waals surface area contributed by atoms with Crippen molar-refractivity contribution in [2.45, 2.75) is 31.6 Å². The van der Waals surface area contributed by atoms with E-state index < -0.39 is 15.9 Å². The van der Waals surface area contributed by atoms with E-state index in [1.807, 2.05) is 57.2 Å². The molecule has 0 aromatic heterocycles. The molecule has 0 fully saturated rings. The summed E-state index contributed by atoms with van der Waals surface area (Å²) in [5.74, 6) is 0.166. The molecule has 0 saturated heterocycles. The third kappa shape index (κ3) is 4.57. The molecule has 0 bridgehead atoms. The van der Waals surface area contributed by atoms with Crippen LogP contribution in [0.4, 0.5) is 5.69 Å². The van der Waals surface area contributed by atoms with Gasteiger partial charge in [-0.05, 0) is 72.5 Å². The average molecular weight is 441 g/mol. The van der Waals surface area contributed by atoms with Crippen molar-refractivity contribution in [3.8, 4) is 5.75 Å². The first-order valence-corrected chi connectivity index (χ1v) is 11.4. The van der Waals surface area contributed by atoms with Crippen LogP contribution in [0.1, 0.15) is 29.5 Å². The Morgan fingerprint density at radius 3 is 2.29 bits per heavy atom.